The van der Waals surface area contributed by atoms with Crippen LogP contribution in [0.15, 0.2) is 71.1 Å². The maximum atomic E-state index is 12.1. The molecule has 29 heavy (non-hydrogen) atoms. The Morgan fingerprint density at radius 1 is 0.966 bits per heavy atom. The van der Waals surface area contributed by atoms with Crippen molar-refractivity contribution in [1.82, 2.24) is 5.43 Å². The van der Waals surface area contributed by atoms with Crippen molar-refractivity contribution in [3.8, 4) is 5.75 Å². The molecule has 0 unspecified atom stereocenters. The number of thiophene rings is 1. The van der Waals surface area contributed by atoms with Gasteiger partial charge in [-0.3, -0.25) is 9.59 Å². The Labute approximate surface area is 175 Å². The molecule has 0 atom stereocenters. The molecule has 146 valence electrons. The Morgan fingerprint density at radius 2 is 1.72 bits per heavy atom. The summed E-state index contributed by atoms with van der Waals surface area (Å²) in [7, 11) is 0. The number of carbonyl (C=O) groups excluding carboxylic acids is 3. The van der Waals surface area contributed by atoms with E-state index in [0.717, 1.165) is 0 Å². The number of amides is 2. The molecule has 7 nitrogen and oxygen atoms in total. The number of anilines is 1. The van der Waals surface area contributed by atoms with Gasteiger partial charge in [0, 0.05) is 16.3 Å². The van der Waals surface area contributed by atoms with Crippen LogP contribution < -0.4 is 15.5 Å². The van der Waals surface area contributed by atoms with Crippen LogP contribution >= 0.6 is 22.9 Å². The molecule has 0 radical (unpaired) electrons. The Kier molecular flexibility index (Phi) is 6.72. The molecule has 0 aliphatic heterocycles. The van der Waals surface area contributed by atoms with E-state index in [1.807, 2.05) is 0 Å². The first-order valence-corrected chi connectivity index (χ1v) is 9.53. The van der Waals surface area contributed by atoms with Gasteiger partial charge in [-0.2, -0.15) is 5.10 Å². The molecule has 0 saturated carbocycles. The molecule has 2 aromatic carbocycles. The topological polar surface area (TPSA) is 96.9 Å². The average Bonchev–Trinajstić information content (AvgIpc) is 3.26. The van der Waals surface area contributed by atoms with Crippen molar-refractivity contribution in [3.63, 3.8) is 0 Å². The maximum absolute atomic E-state index is 12.1. The van der Waals surface area contributed by atoms with E-state index in [1.54, 1.807) is 66.0 Å². The first-order chi connectivity index (χ1) is 14.0. The van der Waals surface area contributed by atoms with Crippen LogP contribution in [-0.4, -0.2) is 24.0 Å². The monoisotopic (exact) mass is 427 g/mol. The molecule has 0 fully saturated rings. The number of hydrogen-bond donors (Lipinski definition) is 2. The summed E-state index contributed by atoms with van der Waals surface area (Å²) >= 11 is 7.03. The highest BCUT2D eigenvalue weighted by Gasteiger charge is 2.14. The lowest BCUT2D eigenvalue weighted by atomic mass is 10.2. The number of hydrazone groups is 1. The van der Waals surface area contributed by atoms with E-state index in [-0.39, 0.29) is 5.75 Å². The summed E-state index contributed by atoms with van der Waals surface area (Å²) < 4.78 is 5.36. The van der Waals surface area contributed by atoms with E-state index in [0.29, 0.717) is 21.2 Å². The fraction of sp³-hybridized carbons (Fsp3) is 0. The molecular weight excluding hydrogens is 414 g/mol. The lowest BCUT2D eigenvalue weighted by molar-refractivity contribution is -0.136. The first-order valence-electron chi connectivity index (χ1n) is 8.27. The van der Waals surface area contributed by atoms with Gasteiger partial charge in [0.1, 0.15) is 10.6 Å². The van der Waals surface area contributed by atoms with Gasteiger partial charge < -0.3 is 10.1 Å². The average molecular weight is 428 g/mol. The van der Waals surface area contributed by atoms with Crippen LogP contribution in [0.3, 0.4) is 0 Å². The smallest absolute Gasteiger partial charge is 0.353 e. The lowest BCUT2D eigenvalue weighted by Gasteiger charge is -2.06. The molecule has 1 heterocycles. The molecule has 0 aliphatic rings. The van der Waals surface area contributed by atoms with Crippen LogP contribution in [0.25, 0.3) is 0 Å². The highest BCUT2D eigenvalue weighted by molar-refractivity contribution is 7.12. The second kappa shape index (κ2) is 9.63. The van der Waals surface area contributed by atoms with Gasteiger partial charge in [0.05, 0.1) is 6.21 Å². The second-order valence-electron chi connectivity index (χ2n) is 5.56. The van der Waals surface area contributed by atoms with Crippen molar-refractivity contribution in [1.29, 1.82) is 0 Å². The van der Waals surface area contributed by atoms with Crippen LogP contribution in [0, 0.1) is 0 Å². The summed E-state index contributed by atoms with van der Waals surface area (Å²) in [6.07, 6.45) is 1.28. The van der Waals surface area contributed by atoms with E-state index in [4.69, 9.17) is 16.3 Å². The molecule has 0 spiro atoms. The zero-order valence-electron chi connectivity index (χ0n) is 14.8. The largest absolute Gasteiger partial charge is 0.422 e. The van der Waals surface area contributed by atoms with Crippen molar-refractivity contribution in [3.05, 3.63) is 81.5 Å². The van der Waals surface area contributed by atoms with Gasteiger partial charge in [-0.1, -0.05) is 29.8 Å². The minimum absolute atomic E-state index is 0.273. The minimum atomic E-state index is -0.954. The summed E-state index contributed by atoms with van der Waals surface area (Å²) in [4.78, 5) is 36.3. The van der Waals surface area contributed by atoms with E-state index in [2.05, 4.69) is 15.8 Å². The van der Waals surface area contributed by atoms with Crippen molar-refractivity contribution in [2.24, 2.45) is 5.10 Å². The molecule has 0 aliphatic carbocycles. The molecule has 0 saturated heterocycles. The zero-order valence-corrected chi connectivity index (χ0v) is 16.4. The maximum Gasteiger partial charge on any atom is 0.353 e. The summed E-state index contributed by atoms with van der Waals surface area (Å²) in [5.41, 5.74) is 3.00. The van der Waals surface area contributed by atoms with E-state index in [9.17, 15) is 14.4 Å². The highest BCUT2D eigenvalue weighted by Crippen LogP contribution is 2.19. The number of rotatable bonds is 5. The van der Waals surface area contributed by atoms with Gasteiger partial charge in [-0.05, 0) is 47.8 Å². The van der Waals surface area contributed by atoms with Gasteiger partial charge in [0.15, 0.2) is 0 Å². The summed E-state index contributed by atoms with van der Waals surface area (Å²) in [6, 6.07) is 16.4. The molecule has 2 amide bonds. The number of hydrogen-bond acceptors (Lipinski definition) is 6. The predicted octanol–water partition coefficient (Wildman–Crippen LogP) is 3.71. The van der Waals surface area contributed by atoms with Gasteiger partial charge in [0.25, 0.3) is 0 Å². The number of carbonyl (C=O) groups is 3. The SMILES string of the molecule is O=C(N/N=C/c1ccccc1OC(=O)c1cccs1)C(=O)Nc1ccc(Cl)cc1. The number of nitrogens with zero attached hydrogens (tertiary/aromatic N) is 1. The van der Waals surface area contributed by atoms with Crippen LogP contribution in [0.5, 0.6) is 5.75 Å². The fourth-order valence-corrected chi connectivity index (χ4v) is 2.88. The van der Waals surface area contributed by atoms with Gasteiger partial charge in [-0.25, -0.2) is 10.2 Å². The van der Waals surface area contributed by atoms with Crippen molar-refractivity contribution in [2.75, 3.05) is 5.32 Å². The van der Waals surface area contributed by atoms with Crippen LogP contribution in [0.1, 0.15) is 15.2 Å². The number of para-hydroxylation sites is 1. The van der Waals surface area contributed by atoms with Crippen molar-refractivity contribution >= 4 is 52.6 Å². The molecule has 9 heteroatoms. The number of nitrogens with one attached hydrogen (secondary N) is 2. The number of esters is 1. The summed E-state index contributed by atoms with van der Waals surface area (Å²) in [5.74, 6) is -2.06. The van der Waals surface area contributed by atoms with Crippen LogP contribution in [0.4, 0.5) is 5.69 Å². The summed E-state index contributed by atoms with van der Waals surface area (Å²) in [6.45, 7) is 0. The third-order valence-electron chi connectivity index (χ3n) is 3.52. The van der Waals surface area contributed by atoms with E-state index < -0.39 is 17.8 Å². The molecule has 3 aromatic rings. The first kappa shape index (κ1) is 20.2. The Balaban J connectivity index is 1.59. The number of ether oxygens (including phenoxy) is 1. The Bertz CT molecular complexity index is 1050. The Morgan fingerprint density at radius 3 is 2.45 bits per heavy atom. The fourth-order valence-electron chi connectivity index (χ4n) is 2.16. The van der Waals surface area contributed by atoms with Crippen LogP contribution in [-0.2, 0) is 9.59 Å². The van der Waals surface area contributed by atoms with Gasteiger partial charge in [-0.15, -0.1) is 11.3 Å². The van der Waals surface area contributed by atoms with Crippen molar-refractivity contribution in [2.45, 2.75) is 0 Å². The zero-order chi connectivity index (χ0) is 20.6. The number of halogens is 1. The third kappa shape index (κ3) is 5.74. The number of benzene rings is 2. The van der Waals surface area contributed by atoms with Gasteiger partial charge >= 0.3 is 17.8 Å². The second-order valence-corrected chi connectivity index (χ2v) is 6.95. The molecular formula is C20H14ClN3O4S. The van der Waals surface area contributed by atoms with E-state index in [1.165, 1.54) is 17.6 Å². The normalized spacial score (nSPS) is 10.5. The summed E-state index contributed by atoms with van der Waals surface area (Å²) in [5, 5.41) is 8.45. The molecule has 0 bridgehead atoms. The molecule has 2 N–H and O–H groups in total. The standard InChI is InChI=1S/C20H14ClN3O4S/c21-14-7-9-15(10-8-14)23-18(25)19(26)24-22-12-13-4-1-2-5-16(13)28-20(27)17-6-3-11-29-17/h1-12H,(H,23,25)(H,24,26)/b22-12+. The van der Waals surface area contributed by atoms with E-state index >= 15 is 0 Å². The van der Waals surface area contributed by atoms with Crippen LogP contribution in [0.2, 0.25) is 5.02 Å². The third-order valence-corrected chi connectivity index (χ3v) is 4.62. The minimum Gasteiger partial charge on any atom is -0.422 e. The Hall–Kier alpha value is -3.49. The van der Waals surface area contributed by atoms with Crippen molar-refractivity contribution < 1.29 is 19.1 Å². The highest BCUT2D eigenvalue weighted by atomic mass is 35.5. The molecule has 3 rings (SSSR count). The van der Waals surface area contributed by atoms with Gasteiger partial charge in [0.2, 0.25) is 0 Å². The predicted molar refractivity (Wildman–Crippen MR) is 112 cm³/mol. The quantitative estimate of drug-likeness (QED) is 0.213. The molecule has 1 aromatic heterocycles. The lowest BCUT2D eigenvalue weighted by Crippen LogP contribution is -2.32.